The van der Waals surface area contributed by atoms with Gasteiger partial charge in [-0.1, -0.05) is 20.8 Å². The van der Waals surface area contributed by atoms with Crippen molar-refractivity contribution >= 4 is 11.3 Å². The molecule has 0 amide bonds. The monoisotopic (exact) mass is 284 g/mol. The summed E-state index contributed by atoms with van der Waals surface area (Å²) in [6.07, 6.45) is -0.0584. The Balaban J connectivity index is 2.01. The van der Waals surface area contributed by atoms with Crippen LogP contribution in [0.25, 0.3) is 0 Å². The lowest BCUT2D eigenvalue weighted by Gasteiger charge is -2.36. The molecule has 4 nitrogen and oxygen atoms in total. The molecule has 2 rings (SSSR count). The first-order valence-corrected chi connectivity index (χ1v) is 7.69. The van der Waals surface area contributed by atoms with Crippen molar-refractivity contribution in [2.24, 2.45) is 0 Å². The Morgan fingerprint density at radius 2 is 2.26 bits per heavy atom. The molecule has 1 fully saturated rings. The Labute approximate surface area is 119 Å². The van der Waals surface area contributed by atoms with E-state index >= 15 is 0 Å². The van der Waals surface area contributed by atoms with Gasteiger partial charge in [0.05, 0.1) is 30.0 Å². The molecule has 1 aromatic rings. The van der Waals surface area contributed by atoms with Crippen molar-refractivity contribution in [2.45, 2.75) is 51.8 Å². The zero-order valence-corrected chi connectivity index (χ0v) is 13.0. The summed E-state index contributed by atoms with van der Waals surface area (Å²) in [4.78, 5) is 7.07. The van der Waals surface area contributed by atoms with E-state index in [0.717, 1.165) is 18.8 Å². The van der Waals surface area contributed by atoms with Crippen molar-refractivity contribution in [1.82, 2.24) is 9.88 Å². The first-order chi connectivity index (χ1) is 8.90. The van der Waals surface area contributed by atoms with Crippen molar-refractivity contribution < 1.29 is 9.84 Å². The van der Waals surface area contributed by atoms with Crippen LogP contribution in [0.2, 0.25) is 0 Å². The van der Waals surface area contributed by atoms with Gasteiger partial charge in [-0.15, -0.1) is 11.3 Å². The highest BCUT2D eigenvalue weighted by molar-refractivity contribution is 7.09. The van der Waals surface area contributed by atoms with Crippen LogP contribution in [0.15, 0.2) is 5.38 Å². The van der Waals surface area contributed by atoms with Crippen molar-refractivity contribution in [1.29, 1.82) is 0 Å². The summed E-state index contributed by atoms with van der Waals surface area (Å²) in [5.41, 5.74) is 1.24. The molecule has 108 valence electrons. The maximum Gasteiger partial charge on any atom is 0.0982 e. The highest BCUT2D eigenvalue weighted by atomic mass is 32.1. The van der Waals surface area contributed by atoms with E-state index in [1.807, 2.05) is 0 Å². The van der Waals surface area contributed by atoms with Gasteiger partial charge in [0.15, 0.2) is 0 Å². The lowest BCUT2D eigenvalue weighted by Crippen LogP contribution is -2.48. The molecule has 2 unspecified atom stereocenters. The van der Waals surface area contributed by atoms with Crippen LogP contribution in [0.1, 0.15) is 38.4 Å². The Hall–Kier alpha value is -0.490. The molecule has 2 heterocycles. The van der Waals surface area contributed by atoms with Crippen LogP contribution < -0.4 is 0 Å². The van der Waals surface area contributed by atoms with Gasteiger partial charge < -0.3 is 9.84 Å². The predicted molar refractivity (Wildman–Crippen MR) is 77.5 cm³/mol. The second-order valence-corrected chi connectivity index (χ2v) is 7.17. The highest BCUT2D eigenvalue weighted by Gasteiger charge is 2.26. The fraction of sp³-hybridized carbons (Fsp3) is 0.786. The number of ether oxygens (including phenoxy) is 1. The molecule has 19 heavy (non-hydrogen) atoms. The van der Waals surface area contributed by atoms with E-state index in [4.69, 9.17) is 9.72 Å². The molecule has 0 spiro atoms. The molecular weight excluding hydrogens is 260 g/mol. The van der Waals surface area contributed by atoms with E-state index in [0.29, 0.717) is 12.6 Å². The number of hydrogen-bond acceptors (Lipinski definition) is 5. The van der Waals surface area contributed by atoms with Crippen molar-refractivity contribution in [3.05, 3.63) is 16.1 Å². The molecule has 1 saturated heterocycles. The zero-order chi connectivity index (χ0) is 14.0. The lowest BCUT2D eigenvalue weighted by molar-refractivity contribution is -0.0808. The molecule has 1 aliphatic rings. The molecule has 1 aliphatic heterocycles. The quantitative estimate of drug-likeness (QED) is 0.922. The molecule has 2 atom stereocenters. The first-order valence-electron chi connectivity index (χ1n) is 6.81. The average molecular weight is 284 g/mol. The summed E-state index contributed by atoms with van der Waals surface area (Å²) in [6.45, 7) is 11.1. The third-order valence-electron chi connectivity index (χ3n) is 3.40. The van der Waals surface area contributed by atoms with Gasteiger partial charge in [0, 0.05) is 29.9 Å². The van der Waals surface area contributed by atoms with Crippen LogP contribution >= 0.6 is 11.3 Å². The van der Waals surface area contributed by atoms with Gasteiger partial charge in [-0.3, -0.25) is 4.90 Å². The maximum atomic E-state index is 9.21. The van der Waals surface area contributed by atoms with Gasteiger partial charge >= 0.3 is 0 Å². The second kappa shape index (κ2) is 5.87. The number of nitrogens with zero attached hydrogens (tertiary/aromatic N) is 2. The fourth-order valence-electron chi connectivity index (χ4n) is 2.14. The fourth-order valence-corrected chi connectivity index (χ4v) is 3.04. The third kappa shape index (κ3) is 3.75. The van der Waals surface area contributed by atoms with Crippen LogP contribution in [-0.2, 0) is 16.7 Å². The minimum atomic E-state index is -0.0584. The second-order valence-electron chi connectivity index (χ2n) is 6.31. The summed E-state index contributed by atoms with van der Waals surface area (Å²) < 4.78 is 5.56. The maximum absolute atomic E-state index is 9.21. The molecule has 5 heteroatoms. The predicted octanol–water partition coefficient (Wildman–Crippen LogP) is 2.02. The molecule has 0 bridgehead atoms. The number of aliphatic hydroxyl groups is 1. The summed E-state index contributed by atoms with van der Waals surface area (Å²) in [5, 5.41) is 12.5. The van der Waals surface area contributed by atoms with Crippen LogP contribution in [0, 0.1) is 0 Å². The Kier molecular flexibility index (Phi) is 4.61. The minimum absolute atomic E-state index is 0.0584. The topological polar surface area (TPSA) is 45.6 Å². The van der Waals surface area contributed by atoms with Gasteiger partial charge in [-0.25, -0.2) is 4.98 Å². The molecule has 0 aromatic carbocycles. The van der Waals surface area contributed by atoms with Crippen LogP contribution in [-0.4, -0.2) is 46.9 Å². The van der Waals surface area contributed by atoms with E-state index in [9.17, 15) is 5.11 Å². The van der Waals surface area contributed by atoms with Gasteiger partial charge in [0.25, 0.3) is 0 Å². The van der Waals surface area contributed by atoms with E-state index in [1.165, 1.54) is 5.01 Å². The number of rotatable bonds is 3. The number of morpholine rings is 1. The van der Waals surface area contributed by atoms with E-state index in [-0.39, 0.29) is 18.1 Å². The van der Waals surface area contributed by atoms with Gasteiger partial charge in [0.1, 0.15) is 0 Å². The molecule has 0 radical (unpaired) electrons. The van der Waals surface area contributed by atoms with Crippen molar-refractivity contribution in [3.63, 3.8) is 0 Å². The van der Waals surface area contributed by atoms with Crippen LogP contribution in [0.4, 0.5) is 0 Å². The minimum Gasteiger partial charge on any atom is -0.394 e. The molecule has 0 aliphatic carbocycles. The SMILES string of the molecule is CC1COC(CO)CN1Cc1csc(C(C)(C)C)n1. The van der Waals surface area contributed by atoms with Gasteiger partial charge in [0.2, 0.25) is 0 Å². The third-order valence-corrected chi connectivity index (χ3v) is 4.71. The number of aliphatic hydroxyl groups excluding tert-OH is 1. The van der Waals surface area contributed by atoms with E-state index < -0.39 is 0 Å². The summed E-state index contributed by atoms with van der Waals surface area (Å²) in [6, 6.07) is 0.377. The zero-order valence-electron chi connectivity index (χ0n) is 12.2. The molecular formula is C14H24N2O2S. The Morgan fingerprint density at radius 3 is 2.84 bits per heavy atom. The normalized spacial score (nSPS) is 25.7. The van der Waals surface area contributed by atoms with Gasteiger partial charge in [-0.2, -0.15) is 0 Å². The van der Waals surface area contributed by atoms with Crippen molar-refractivity contribution in [2.75, 3.05) is 19.8 Å². The number of thiazole rings is 1. The first kappa shape index (κ1) is 14.9. The largest absolute Gasteiger partial charge is 0.394 e. The Bertz CT molecular complexity index is 414. The van der Waals surface area contributed by atoms with E-state index in [1.54, 1.807) is 11.3 Å². The number of hydrogen-bond donors (Lipinski definition) is 1. The molecule has 0 saturated carbocycles. The average Bonchev–Trinajstić information content (AvgIpc) is 2.80. The molecule has 1 aromatic heterocycles. The summed E-state index contributed by atoms with van der Waals surface area (Å²) in [7, 11) is 0. The Morgan fingerprint density at radius 1 is 1.53 bits per heavy atom. The molecule has 1 N–H and O–H groups in total. The highest BCUT2D eigenvalue weighted by Crippen LogP contribution is 2.26. The summed E-state index contributed by atoms with van der Waals surface area (Å²) >= 11 is 1.73. The lowest BCUT2D eigenvalue weighted by atomic mass is 9.98. The standard InChI is InChI=1S/C14H24N2O2S/c1-10-8-18-12(7-17)6-16(10)5-11-9-19-13(15-11)14(2,3)4/h9-10,12,17H,5-8H2,1-4H3. The van der Waals surface area contributed by atoms with Crippen molar-refractivity contribution in [3.8, 4) is 0 Å². The van der Waals surface area contributed by atoms with Gasteiger partial charge in [-0.05, 0) is 6.92 Å². The number of aromatic nitrogens is 1. The van der Waals surface area contributed by atoms with Crippen LogP contribution in [0.3, 0.4) is 0 Å². The smallest absolute Gasteiger partial charge is 0.0982 e. The van der Waals surface area contributed by atoms with Crippen LogP contribution in [0.5, 0.6) is 0 Å². The van der Waals surface area contributed by atoms with E-state index in [2.05, 4.69) is 38.0 Å². The summed E-state index contributed by atoms with van der Waals surface area (Å²) in [5.74, 6) is 0.